The fourth-order valence-corrected chi connectivity index (χ4v) is 2.95. The van der Waals surface area contributed by atoms with Crippen molar-refractivity contribution in [2.75, 3.05) is 13.6 Å². The van der Waals surface area contributed by atoms with Gasteiger partial charge in [-0.05, 0) is 75.4 Å². The van der Waals surface area contributed by atoms with Crippen LogP contribution in [0.25, 0.3) is 0 Å². The highest BCUT2D eigenvalue weighted by molar-refractivity contribution is 5.62. The predicted molar refractivity (Wildman–Crippen MR) is 101 cm³/mol. The summed E-state index contributed by atoms with van der Waals surface area (Å²) in [6.07, 6.45) is 2.89. The minimum Gasteiger partial charge on any atom is -0.366 e. The van der Waals surface area contributed by atoms with Crippen molar-refractivity contribution in [3.05, 3.63) is 63.7 Å². The lowest BCUT2D eigenvalue weighted by Gasteiger charge is -2.13. The van der Waals surface area contributed by atoms with Crippen LogP contribution in [0.4, 0.5) is 5.69 Å². The van der Waals surface area contributed by atoms with E-state index in [0.29, 0.717) is 0 Å². The van der Waals surface area contributed by atoms with Crippen LogP contribution in [0, 0.1) is 27.7 Å². The number of nitrogens with zero attached hydrogens (tertiary/aromatic N) is 2. The zero-order valence-corrected chi connectivity index (χ0v) is 15.3. The molecule has 2 aromatic carbocycles. The van der Waals surface area contributed by atoms with E-state index in [2.05, 4.69) is 74.8 Å². The predicted octanol–water partition coefficient (Wildman–Crippen LogP) is 5.12. The molecule has 2 aromatic rings. The van der Waals surface area contributed by atoms with Crippen molar-refractivity contribution in [3.8, 4) is 0 Å². The molecule has 122 valence electrons. The van der Waals surface area contributed by atoms with Crippen LogP contribution < -0.4 is 0 Å². The molecule has 0 fully saturated rings. The third kappa shape index (κ3) is 4.69. The van der Waals surface area contributed by atoms with Gasteiger partial charge in [0.05, 0.1) is 12.0 Å². The molecule has 0 heterocycles. The molecular weight excluding hydrogens is 280 g/mol. The van der Waals surface area contributed by atoms with E-state index in [1.54, 1.807) is 0 Å². The summed E-state index contributed by atoms with van der Waals surface area (Å²) >= 11 is 0. The molecule has 2 nitrogen and oxygen atoms in total. The third-order valence-corrected chi connectivity index (χ3v) is 4.25. The van der Waals surface area contributed by atoms with Crippen LogP contribution in [0.5, 0.6) is 0 Å². The number of aliphatic imine (C=N–C) groups is 1. The standard InChI is InChI=1S/C21H28N2/c1-7-23(6)14-22-20-11-17(4)21(18(5)12-20)13-19-9-15(2)8-16(3)10-19/h8-12,14H,7,13H2,1-6H3. The summed E-state index contributed by atoms with van der Waals surface area (Å²) in [4.78, 5) is 6.65. The SMILES string of the molecule is CCN(C)C=Nc1cc(C)c(Cc2cc(C)cc(C)c2)c(C)c1. The van der Waals surface area contributed by atoms with E-state index in [9.17, 15) is 0 Å². The van der Waals surface area contributed by atoms with Gasteiger partial charge >= 0.3 is 0 Å². The topological polar surface area (TPSA) is 15.6 Å². The van der Waals surface area contributed by atoms with Gasteiger partial charge in [-0.1, -0.05) is 29.3 Å². The van der Waals surface area contributed by atoms with E-state index < -0.39 is 0 Å². The van der Waals surface area contributed by atoms with Crippen LogP contribution >= 0.6 is 0 Å². The van der Waals surface area contributed by atoms with Crippen molar-refractivity contribution < 1.29 is 0 Å². The molecule has 0 saturated carbocycles. The molecule has 0 aliphatic heterocycles. The average Bonchev–Trinajstić information content (AvgIpc) is 2.47. The first-order chi connectivity index (χ1) is 10.9. The summed E-state index contributed by atoms with van der Waals surface area (Å²) in [5.74, 6) is 0. The smallest absolute Gasteiger partial charge is 0.0909 e. The Morgan fingerprint density at radius 1 is 0.913 bits per heavy atom. The van der Waals surface area contributed by atoms with E-state index in [-0.39, 0.29) is 0 Å². The van der Waals surface area contributed by atoms with Gasteiger partial charge in [-0.2, -0.15) is 0 Å². The number of benzene rings is 2. The zero-order valence-electron chi connectivity index (χ0n) is 15.3. The molecule has 0 aliphatic rings. The van der Waals surface area contributed by atoms with Gasteiger partial charge in [0.25, 0.3) is 0 Å². The van der Waals surface area contributed by atoms with Crippen molar-refractivity contribution in [1.29, 1.82) is 0 Å². The number of hydrogen-bond acceptors (Lipinski definition) is 1. The van der Waals surface area contributed by atoms with E-state index in [1.807, 2.05) is 13.4 Å². The summed E-state index contributed by atoms with van der Waals surface area (Å²) in [5.41, 5.74) is 9.13. The first-order valence-electron chi connectivity index (χ1n) is 8.30. The number of rotatable bonds is 5. The second-order valence-corrected chi connectivity index (χ2v) is 6.55. The van der Waals surface area contributed by atoms with Crippen LogP contribution in [0.1, 0.15) is 40.3 Å². The molecule has 2 rings (SSSR count). The van der Waals surface area contributed by atoms with Gasteiger partial charge in [-0.25, -0.2) is 4.99 Å². The second-order valence-electron chi connectivity index (χ2n) is 6.55. The summed E-state index contributed by atoms with van der Waals surface area (Å²) in [6, 6.07) is 11.2. The van der Waals surface area contributed by atoms with Crippen molar-refractivity contribution in [2.24, 2.45) is 4.99 Å². The Morgan fingerprint density at radius 3 is 2.00 bits per heavy atom. The monoisotopic (exact) mass is 308 g/mol. The summed E-state index contributed by atoms with van der Waals surface area (Å²) < 4.78 is 0. The molecule has 0 aliphatic carbocycles. The van der Waals surface area contributed by atoms with Gasteiger partial charge in [0.1, 0.15) is 0 Å². The lowest BCUT2D eigenvalue weighted by Crippen LogP contribution is -2.14. The molecule has 2 heteroatoms. The van der Waals surface area contributed by atoms with Gasteiger partial charge in [-0.15, -0.1) is 0 Å². The van der Waals surface area contributed by atoms with E-state index in [4.69, 9.17) is 0 Å². The van der Waals surface area contributed by atoms with Crippen molar-refractivity contribution in [1.82, 2.24) is 4.90 Å². The Bertz CT molecular complexity index is 671. The van der Waals surface area contributed by atoms with E-state index >= 15 is 0 Å². The Morgan fingerprint density at radius 2 is 1.48 bits per heavy atom. The van der Waals surface area contributed by atoms with Gasteiger partial charge in [-0.3, -0.25) is 0 Å². The normalized spacial score (nSPS) is 11.2. The lowest BCUT2D eigenvalue weighted by atomic mass is 9.94. The van der Waals surface area contributed by atoms with Gasteiger partial charge in [0.15, 0.2) is 0 Å². The largest absolute Gasteiger partial charge is 0.366 e. The molecule has 0 amide bonds. The van der Waals surface area contributed by atoms with Gasteiger partial charge in [0, 0.05) is 13.6 Å². The minimum absolute atomic E-state index is 0.965. The maximum atomic E-state index is 4.58. The highest BCUT2D eigenvalue weighted by Crippen LogP contribution is 2.25. The second kappa shape index (κ2) is 7.45. The molecule has 0 atom stereocenters. The summed E-state index contributed by atoms with van der Waals surface area (Å²) in [5, 5.41) is 0. The number of aryl methyl sites for hydroxylation is 4. The van der Waals surface area contributed by atoms with Crippen LogP contribution in [-0.4, -0.2) is 24.8 Å². The van der Waals surface area contributed by atoms with Gasteiger partial charge < -0.3 is 4.90 Å². The summed E-state index contributed by atoms with van der Waals surface area (Å²) in [6.45, 7) is 11.8. The minimum atomic E-state index is 0.965. The molecule has 0 saturated heterocycles. The molecule has 0 spiro atoms. The van der Waals surface area contributed by atoms with Crippen LogP contribution in [0.15, 0.2) is 35.3 Å². The molecular formula is C21H28N2. The lowest BCUT2D eigenvalue weighted by molar-refractivity contribution is 0.552. The molecule has 0 bridgehead atoms. The van der Waals surface area contributed by atoms with Crippen LogP contribution in [-0.2, 0) is 6.42 Å². The Balaban J connectivity index is 2.28. The van der Waals surface area contributed by atoms with Gasteiger partial charge in [0.2, 0.25) is 0 Å². The number of hydrogen-bond donors (Lipinski definition) is 0. The molecule has 0 N–H and O–H groups in total. The van der Waals surface area contributed by atoms with Crippen LogP contribution in [0.2, 0.25) is 0 Å². The zero-order chi connectivity index (χ0) is 17.0. The van der Waals surface area contributed by atoms with E-state index in [1.165, 1.54) is 33.4 Å². The van der Waals surface area contributed by atoms with Crippen LogP contribution in [0.3, 0.4) is 0 Å². The highest BCUT2D eigenvalue weighted by Gasteiger charge is 2.07. The van der Waals surface area contributed by atoms with Crippen molar-refractivity contribution >= 4 is 12.0 Å². The molecule has 23 heavy (non-hydrogen) atoms. The van der Waals surface area contributed by atoms with E-state index in [0.717, 1.165) is 18.7 Å². The quantitative estimate of drug-likeness (QED) is 0.553. The molecule has 0 unspecified atom stereocenters. The Hall–Kier alpha value is -2.09. The summed E-state index contributed by atoms with van der Waals surface area (Å²) in [7, 11) is 2.04. The molecule has 0 aromatic heterocycles. The maximum Gasteiger partial charge on any atom is 0.0909 e. The first kappa shape index (κ1) is 17.3. The highest BCUT2D eigenvalue weighted by atomic mass is 15.1. The first-order valence-corrected chi connectivity index (χ1v) is 8.30. The Labute approximate surface area is 140 Å². The Kier molecular flexibility index (Phi) is 5.59. The van der Waals surface area contributed by atoms with Crippen molar-refractivity contribution in [2.45, 2.75) is 41.0 Å². The average molecular weight is 308 g/mol. The third-order valence-electron chi connectivity index (χ3n) is 4.25. The fraction of sp³-hybridized carbons (Fsp3) is 0.381. The molecule has 0 radical (unpaired) electrons. The fourth-order valence-electron chi connectivity index (χ4n) is 2.95. The maximum absolute atomic E-state index is 4.58. The van der Waals surface area contributed by atoms with Crippen molar-refractivity contribution in [3.63, 3.8) is 0 Å².